The molecule has 2 aliphatic rings. The number of nitrogens with zero attached hydrogens (tertiary/aromatic N) is 3. The highest BCUT2D eigenvalue weighted by molar-refractivity contribution is 5.76. The molecule has 7 nitrogen and oxygen atoms in total. The Bertz CT molecular complexity index is 931. The van der Waals surface area contributed by atoms with E-state index in [1.54, 1.807) is 0 Å². The Labute approximate surface area is 164 Å². The first kappa shape index (κ1) is 19.1. The zero-order chi connectivity index (χ0) is 20.1. The molecule has 28 heavy (non-hydrogen) atoms. The van der Waals surface area contributed by atoms with E-state index in [0.29, 0.717) is 19.1 Å². The molecule has 3 heterocycles. The van der Waals surface area contributed by atoms with E-state index < -0.39 is 6.09 Å². The Hall–Kier alpha value is -2.28. The number of benzene rings is 1. The molecule has 2 aliphatic heterocycles. The summed E-state index contributed by atoms with van der Waals surface area (Å²) in [6, 6.07) is 6.80. The zero-order valence-corrected chi connectivity index (χ0v) is 16.9. The molecule has 0 aliphatic carbocycles. The van der Waals surface area contributed by atoms with Gasteiger partial charge in [0.05, 0.1) is 11.0 Å². The second-order valence-corrected chi connectivity index (χ2v) is 9.22. The van der Waals surface area contributed by atoms with E-state index in [1.165, 1.54) is 10.5 Å². The van der Waals surface area contributed by atoms with E-state index in [4.69, 9.17) is 5.11 Å². The largest absolute Gasteiger partial charge is 0.465 e. The highest BCUT2D eigenvalue weighted by Gasteiger charge is 2.33. The van der Waals surface area contributed by atoms with Crippen LogP contribution in [-0.2, 0) is 5.41 Å². The average Bonchev–Trinajstić information content (AvgIpc) is 3.24. The number of amides is 1. The van der Waals surface area contributed by atoms with E-state index in [0.717, 1.165) is 43.4 Å². The molecule has 1 atom stereocenters. The summed E-state index contributed by atoms with van der Waals surface area (Å²) in [6.07, 6.45) is 1.91. The number of likely N-dealkylation sites (tertiary alicyclic amines) is 2. The van der Waals surface area contributed by atoms with Crippen LogP contribution in [0.2, 0.25) is 0 Å². The van der Waals surface area contributed by atoms with E-state index in [9.17, 15) is 9.59 Å². The quantitative estimate of drug-likeness (QED) is 0.831. The Morgan fingerprint density at radius 1 is 1.11 bits per heavy atom. The van der Waals surface area contributed by atoms with Crippen molar-refractivity contribution in [3.05, 3.63) is 34.2 Å². The smallest absolute Gasteiger partial charge is 0.407 e. The maximum absolute atomic E-state index is 12.7. The Balaban J connectivity index is 1.49. The van der Waals surface area contributed by atoms with E-state index >= 15 is 0 Å². The molecule has 0 spiro atoms. The number of H-pyrrole nitrogens is 1. The normalized spacial score (nSPS) is 22.2. The highest BCUT2D eigenvalue weighted by atomic mass is 16.4. The van der Waals surface area contributed by atoms with Crippen LogP contribution in [0, 0.1) is 0 Å². The molecule has 2 fully saturated rings. The van der Waals surface area contributed by atoms with E-state index in [2.05, 4.69) is 48.9 Å². The predicted octanol–water partition coefficient (Wildman–Crippen LogP) is 3.02. The molecule has 1 aromatic carbocycles. The van der Waals surface area contributed by atoms with Gasteiger partial charge in [-0.3, -0.25) is 9.47 Å². The number of nitrogens with one attached hydrogen (secondary N) is 1. The van der Waals surface area contributed by atoms with Gasteiger partial charge in [-0.1, -0.05) is 26.8 Å². The number of rotatable bonds is 2. The average molecular weight is 386 g/mol. The minimum atomic E-state index is -0.822. The first-order valence-corrected chi connectivity index (χ1v) is 10.2. The fourth-order valence-electron chi connectivity index (χ4n) is 4.68. The van der Waals surface area contributed by atoms with Gasteiger partial charge in [0.25, 0.3) is 0 Å². The first-order chi connectivity index (χ1) is 13.2. The predicted molar refractivity (Wildman–Crippen MR) is 109 cm³/mol. The molecule has 2 N–H and O–H groups in total. The number of carboxylic acid groups (broad SMARTS) is 1. The lowest BCUT2D eigenvalue weighted by atomic mass is 9.87. The summed E-state index contributed by atoms with van der Waals surface area (Å²) in [6.45, 7) is 9.55. The third-order valence-corrected chi connectivity index (χ3v) is 6.40. The maximum atomic E-state index is 12.7. The number of hydrogen-bond donors (Lipinski definition) is 2. The van der Waals surface area contributed by atoms with Crippen molar-refractivity contribution in [1.29, 1.82) is 0 Å². The summed E-state index contributed by atoms with van der Waals surface area (Å²) in [4.78, 5) is 30.8. The van der Waals surface area contributed by atoms with Gasteiger partial charge in [-0.15, -0.1) is 0 Å². The topological polar surface area (TPSA) is 81.6 Å². The summed E-state index contributed by atoms with van der Waals surface area (Å²) < 4.78 is 1.93. The fourth-order valence-corrected chi connectivity index (χ4v) is 4.68. The summed E-state index contributed by atoms with van der Waals surface area (Å²) in [7, 11) is 0. The molecule has 0 bridgehead atoms. The molecule has 1 aromatic heterocycles. The van der Waals surface area contributed by atoms with E-state index in [1.807, 2.05) is 4.57 Å². The molecule has 1 amide bonds. The van der Waals surface area contributed by atoms with Gasteiger partial charge in [0.2, 0.25) is 0 Å². The molecule has 152 valence electrons. The van der Waals surface area contributed by atoms with Crippen LogP contribution in [0.1, 0.15) is 51.6 Å². The van der Waals surface area contributed by atoms with Crippen LogP contribution in [0.5, 0.6) is 0 Å². The Morgan fingerprint density at radius 3 is 2.39 bits per heavy atom. The molecule has 2 aromatic rings. The van der Waals surface area contributed by atoms with Gasteiger partial charge in [0.15, 0.2) is 0 Å². The second-order valence-electron chi connectivity index (χ2n) is 9.22. The lowest BCUT2D eigenvalue weighted by molar-refractivity contribution is 0.126. The molecular weight excluding hydrogens is 356 g/mol. The van der Waals surface area contributed by atoms with Crippen LogP contribution in [0.25, 0.3) is 11.0 Å². The standard InChI is InChI=1S/C21H30N4O3/c1-21(2,3)14-4-5-18-17(12-14)22-19(26)25(18)15-6-9-23(10-7-15)16-8-11-24(13-16)20(27)28/h4-5,12,15-16H,6-11,13H2,1-3H3,(H,22,26)(H,27,28)/t16-/m0/s1. The van der Waals surface area contributed by atoms with E-state index in [-0.39, 0.29) is 17.1 Å². The third-order valence-electron chi connectivity index (χ3n) is 6.40. The number of aromatic amines is 1. The second kappa shape index (κ2) is 6.95. The molecule has 0 saturated carbocycles. The number of aromatic nitrogens is 2. The molecule has 0 radical (unpaired) electrons. The summed E-state index contributed by atoms with van der Waals surface area (Å²) in [5, 5.41) is 9.16. The van der Waals surface area contributed by atoms with Gasteiger partial charge < -0.3 is 15.0 Å². The van der Waals surface area contributed by atoms with Crippen molar-refractivity contribution in [2.75, 3.05) is 26.2 Å². The molecular formula is C21H30N4O3. The summed E-state index contributed by atoms with van der Waals surface area (Å²) in [5.41, 5.74) is 3.12. The van der Waals surface area contributed by atoms with Crippen molar-refractivity contribution in [3.63, 3.8) is 0 Å². The number of piperidine rings is 1. The highest BCUT2D eigenvalue weighted by Crippen LogP contribution is 2.30. The molecule has 4 rings (SSSR count). The van der Waals surface area contributed by atoms with Crippen molar-refractivity contribution in [2.24, 2.45) is 0 Å². The minimum absolute atomic E-state index is 0.0302. The fraction of sp³-hybridized carbons (Fsp3) is 0.619. The Morgan fingerprint density at radius 2 is 1.79 bits per heavy atom. The van der Waals surface area contributed by atoms with Crippen LogP contribution < -0.4 is 5.69 Å². The molecule has 0 unspecified atom stereocenters. The van der Waals surface area contributed by atoms with Crippen LogP contribution >= 0.6 is 0 Å². The van der Waals surface area contributed by atoms with Crippen LogP contribution in [0.4, 0.5) is 4.79 Å². The van der Waals surface area contributed by atoms with Gasteiger partial charge in [-0.05, 0) is 42.4 Å². The van der Waals surface area contributed by atoms with Crippen molar-refractivity contribution in [3.8, 4) is 0 Å². The number of imidazole rings is 1. The van der Waals surface area contributed by atoms with Gasteiger partial charge in [0, 0.05) is 38.3 Å². The number of carbonyl (C=O) groups is 1. The van der Waals surface area contributed by atoms with Gasteiger partial charge in [-0.2, -0.15) is 0 Å². The van der Waals surface area contributed by atoms with Gasteiger partial charge in [0.1, 0.15) is 0 Å². The van der Waals surface area contributed by atoms with Crippen LogP contribution in [0.3, 0.4) is 0 Å². The van der Waals surface area contributed by atoms with Gasteiger partial charge in [-0.25, -0.2) is 9.59 Å². The Kier molecular flexibility index (Phi) is 4.73. The zero-order valence-electron chi connectivity index (χ0n) is 16.9. The third kappa shape index (κ3) is 3.43. The molecule has 2 saturated heterocycles. The summed E-state index contributed by atoms with van der Waals surface area (Å²) >= 11 is 0. The first-order valence-electron chi connectivity index (χ1n) is 10.2. The van der Waals surface area contributed by atoms with Crippen molar-refractivity contribution >= 4 is 17.1 Å². The number of hydrogen-bond acceptors (Lipinski definition) is 3. The molecule has 7 heteroatoms. The van der Waals surface area contributed by atoms with Crippen molar-refractivity contribution in [2.45, 2.75) is 57.5 Å². The summed E-state index contributed by atoms with van der Waals surface area (Å²) in [5.74, 6) is 0. The lowest BCUT2D eigenvalue weighted by Gasteiger charge is -2.36. The monoisotopic (exact) mass is 386 g/mol. The van der Waals surface area contributed by atoms with Gasteiger partial charge >= 0.3 is 11.8 Å². The minimum Gasteiger partial charge on any atom is -0.465 e. The maximum Gasteiger partial charge on any atom is 0.407 e. The lowest BCUT2D eigenvalue weighted by Crippen LogP contribution is -2.44. The van der Waals surface area contributed by atoms with Crippen molar-refractivity contribution in [1.82, 2.24) is 19.4 Å². The van der Waals surface area contributed by atoms with Crippen LogP contribution in [-0.4, -0.2) is 62.8 Å². The van der Waals surface area contributed by atoms with Crippen molar-refractivity contribution < 1.29 is 9.90 Å². The SMILES string of the molecule is CC(C)(C)c1ccc2c(c1)[nH]c(=O)n2C1CCN([C@H]2CCN(C(=O)O)C2)CC1. The van der Waals surface area contributed by atoms with Crippen LogP contribution in [0.15, 0.2) is 23.0 Å². The number of fused-ring (bicyclic) bond motifs is 1.